The first-order valence-electron chi connectivity index (χ1n) is 5.12. The van der Waals surface area contributed by atoms with Gasteiger partial charge >= 0.3 is 5.97 Å². The average Bonchev–Trinajstić information content (AvgIpc) is 2.77. The van der Waals surface area contributed by atoms with Gasteiger partial charge in [-0.1, -0.05) is 5.21 Å². The molecule has 1 aliphatic rings. The normalized spacial score (nSPS) is 16.1. The minimum absolute atomic E-state index is 0.165. The summed E-state index contributed by atoms with van der Waals surface area (Å²) in [4.78, 5) is 34.7. The number of carboxylic acid groups (broad SMARTS) is 1. The maximum Gasteiger partial charge on any atom is 0.358 e. The zero-order valence-corrected chi connectivity index (χ0v) is 10.1. The molecule has 1 aromatic rings. The second-order valence-electron chi connectivity index (χ2n) is 3.60. The standard InChI is InChI=1S/C9H10N4O4S/c14-7-4-18-5-8(15)13(7)2-1-12-3-6(9(16)17)10-11-12/h3H,1-2,4-5H2,(H,16,17). The van der Waals surface area contributed by atoms with Gasteiger partial charge in [0.2, 0.25) is 11.8 Å². The van der Waals surface area contributed by atoms with Crippen LogP contribution >= 0.6 is 11.8 Å². The monoisotopic (exact) mass is 270 g/mol. The van der Waals surface area contributed by atoms with Crippen molar-refractivity contribution in [3.63, 3.8) is 0 Å². The highest BCUT2D eigenvalue weighted by Gasteiger charge is 2.25. The maximum atomic E-state index is 11.5. The number of carbonyl (C=O) groups excluding carboxylic acids is 2. The molecule has 0 spiro atoms. The van der Waals surface area contributed by atoms with E-state index in [0.717, 1.165) is 0 Å². The zero-order chi connectivity index (χ0) is 13.1. The van der Waals surface area contributed by atoms with E-state index >= 15 is 0 Å². The molecule has 96 valence electrons. The topological polar surface area (TPSA) is 105 Å². The van der Waals surface area contributed by atoms with Crippen LogP contribution in [-0.4, -0.2) is 60.8 Å². The molecule has 0 radical (unpaired) electrons. The van der Waals surface area contributed by atoms with Crippen LogP contribution in [-0.2, 0) is 16.1 Å². The summed E-state index contributed by atoms with van der Waals surface area (Å²) >= 11 is 1.29. The number of rotatable bonds is 4. The fourth-order valence-electron chi connectivity index (χ4n) is 1.48. The molecule has 18 heavy (non-hydrogen) atoms. The molecule has 0 atom stereocenters. The number of hydrogen-bond donors (Lipinski definition) is 1. The van der Waals surface area contributed by atoms with E-state index < -0.39 is 5.97 Å². The summed E-state index contributed by atoms with van der Waals surface area (Å²) in [6.07, 6.45) is 1.26. The van der Waals surface area contributed by atoms with E-state index in [9.17, 15) is 14.4 Å². The van der Waals surface area contributed by atoms with Crippen LogP contribution in [0.2, 0.25) is 0 Å². The van der Waals surface area contributed by atoms with Gasteiger partial charge in [0.15, 0.2) is 5.69 Å². The molecule has 1 aliphatic heterocycles. The highest BCUT2D eigenvalue weighted by Crippen LogP contribution is 2.11. The SMILES string of the molecule is O=C(O)c1cn(CCN2C(=O)CSCC2=O)nn1. The smallest absolute Gasteiger partial charge is 0.358 e. The van der Waals surface area contributed by atoms with Crippen molar-refractivity contribution in [2.45, 2.75) is 6.54 Å². The molecule has 0 aliphatic carbocycles. The van der Waals surface area contributed by atoms with Gasteiger partial charge in [-0.25, -0.2) is 9.48 Å². The first-order valence-corrected chi connectivity index (χ1v) is 6.28. The molecule has 1 saturated heterocycles. The number of aromatic nitrogens is 3. The van der Waals surface area contributed by atoms with E-state index in [1.807, 2.05) is 0 Å². The summed E-state index contributed by atoms with van der Waals surface area (Å²) in [5, 5.41) is 15.7. The van der Waals surface area contributed by atoms with Gasteiger partial charge in [-0.3, -0.25) is 14.5 Å². The molecule has 1 aromatic heterocycles. The Labute approximate surface area is 106 Å². The third-order valence-corrected chi connectivity index (χ3v) is 3.27. The number of imide groups is 1. The quantitative estimate of drug-likeness (QED) is 0.705. The predicted octanol–water partition coefficient (Wildman–Crippen LogP) is -0.922. The van der Waals surface area contributed by atoms with Crippen LogP contribution in [0.5, 0.6) is 0 Å². The minimum Gasteiger partial charge on any atom is -0.476 e. The van der Waals surface area contributed by atoms with Crippen LogP contribution in [0.3, 0.4) is 0 Å². The lowest BCUT2D eigenvalue weighted by molar-refractivity contribution is -0.142. The van der Waals surface area contributed by atoms with Crippen LogP contribution in [0.1, 0.15) is 10.5 Å². The van der Waals surface area contributed by atoms with Gasteiger partial charge in [-0.05, 0) is 0 Å². The molecular weight excluding hydrogens is 260 g/mol. The largest absolute Gasteiger partial charge is 0.476 e. The van der Waals surface area contributed by atoms with Gasteiger partial charge < -0.3 is 5.11 Å². The number of carboxylic acids is 1. The molecule has 2 rings (SSSR count). The van der Waals surface area contributed by atoms with E-state index in [4.69, 9.17) is 5.11 Å². The van der Waals surface area contributed by atoms with Crippen molar-refractivity contribution in [1.29, 1.82) is 0 Å². The van der Waals surface area contributed by atoms with Gasteiger partial charge in [0.1, 0.15) is 0 Å². The molecular formula is C9H10N4O4S. The van der Waals surface area contributed by atoms with E-state index in [-0.39, 0.29) is 30.6 Å². The van der Waals surface area contributed by atoms with Crippen LogP contribution < -0.4 is 0 Å². The molecule has 2 amide bonds. The predicted molar refractivity (Wildman–Crippen MR) is 61.0 cm³/mol. The molecule has 0 saturated carbocycles. The Balaban J connectivity index is 1.95. The number of nitrogens with zero attached hydrogens (tertiary/aromatic N) is 4. The van der Waals surface area contributed by atoms with Gasteiger partial charge in [-0.2, -0.15) is 0 Å². The van der Waals surface area contributed by atoms with Crippen LogP contribution in [0.15, 0.2) is 6.20 Å². The lowest BCUT2D eigenvalue weighted by atomic mass is 10.4. The van der Waals surface area contributed by atoms with Crippen molar-refractivity contribution < 1.29 is 19.5 Å². The van der Waals surface area contributed by atoms with Gasteiger partial charge in [0, 0.05) is 6.54 Å². The molecule has 0 unspecified atom stereocenters. The zero-order valence-electron chi connectivity index (χ0n) is 9.27. The summed E-state index contributed by atoms with van der Waals surface area (Å²) in [6, 6.07) is 0. The highest BCUT2D eigenvalue weighted by atomic mass is 32.2. The third kappa shape index (κ3) is 2.67. The summed E-state index contributed by atoms with van der Waals surface area (Å²) in [5.41, 5.74) is -0.165. The number of thioether (sulfide) groups is 1. The van der Waals surface area contributed by atoms with Gasteiger partial charge in [0.05, 0.1) is 24.2 Å². The Morgan fingerprint density at radius 1 is 1.33 bits per heavy atom. The summed E-state index contributed by atoms with van der Waals surface area (Å²) in [7, 11) is 0. The molecule has 0 aromatic carbocycles. The number of aromatic carboxylic acids is 1. The first-order chi connectivity index (χ1) is 8.58. The lowest BCUT2D eigenvalue weighted by Gasteiger charge is -2.24. The molecule has 1 N–H and O–H groups in total. The Morgan fingerprint density at radius 2 is 2.00 bits per heavy atom. The fraction of sp³-hybridized carbons (Fsp3) is 0.444. The molecule has 2 heterocycles. The van der Waals surface area contributed by atoms with Crippen molar-refractivity contribution in [3.8, 4) is 0 Å². The van der Waals surface area contributed by atoms with Crippen molar-refractivity contribution in [1.82, 2.24) is 19.9 Å². The van der Waals surface area contributed by atoms with Crippen LogP contribution in [0, 0.1) is 0 Å². The molecule has 9 heteroatoms. The molecule has 0 bridgehead atoms. The van der Waals surface area contributed by atoms with Crippen molar-refractivity contribution in [3.05, 3.63) is 11.9 Å². The number of amides is 2. The van der Waals surface area contributed by atoms with Crippen molar-refractivity contribution in [2.75, 3.05) is 18.1 Å². The Hall–Kier alpha value is -1.90. The highest BCUT2D eigenvalue weighted by molar-refractivity contribution is 8.00. The average molecular weight is 270 g/mol. The summed E-state index contributed by atoms with van der Waals surface area (Å²) in [5.74, 6) is -1.03. The van der Waals surface area contributed by atoms with E-state index in [2.05, 4.69) is 10.3 Å². The Bertz CT molecular complexity index is 485. The minimum atomic E-state index is -1.16. The van der Waals surface area contributed by atoms with Crippen LogP contribution in [0.4, 0.5) is 0 Å². The van der Waals surface area contributed by atoms with Gasteiger partial charge in [0.25, 0.3) is 0 Å². The lowest BCUT2D eigenvalue weighted by Crippen LogP contribution is -2.44. The van der Waals surface area contributed by atoms with Crippen molar-refractivity contribution >= 4 is 29.5 Å². The fourth-order valence-corrected chi connectivity index (χ4v) is 2.24. The third-order valence-electron chi connectivity index (χ3n) is 2.36. The first kappa shape index (κ1) is 12.6. The maximum absolute atomic E-state index is 11.5. The summed E-state index contributed by atoms with van der Waals surface area (Å²) in [6.45, 7) is 0.420. The van der Waals surface area contributed by atoms with E-state index in [1.54, 1.807) is 0 Å². The molecule has 8 nitrogen and oxygen atoms in total. The summed E-state index contributed by atoms with van der Waals surface area (Å²) < 4.78 is 1.30. The van der Waals surface area contributed by atoms with E-state index in [0.29, 0.717) is 11.5 Å². The molecule has 1 fully saturated rings. The van der Waals surface area contributed by atoms with Gasteiger partial charge in [-0.15, -0.1) is 16.9 Å². The van der Waals surface area contributed by atoms with Crippen molar-refractivity contribution in [2.24, 2.45) is 0 Å². The van der Waals surface area contributed by atoms with Crippen LogP contribution in [0.25, 0.3) is 0 Å². The Kier molecular flexibility index (Phi) is 3.60. The number of hydrogen-bond acceptors (Lipinski definition) is 6. The second kappa shape index (κ2) is 5.17. The Morgan fingerprint density at radius 3 is 2.56 bits per heavy atom. The second-order valence-corrected chi connectivity index (χ2v) is 4.59. The van der Waals surface area contributed by atoms with E-state index in [1.165, 1.54) is 27.5 Å². The number of carbonyl (C=O) groups is 3.